The van der Waals surface area contributed by atoms with E-state index in [4.69, 9.17) is 5.73 Å². The maximum atomic E-state index is 11.7. The number of amides is 1. The lowest BCUT2D eigenvalue weighted by molar-refractivity contribution is -0.122. The highest BCUT2D eigenvalue weighted by atomic mass is 16.2. The SMILES string of the molecule is NC1CCN(CC(=O)NCc2cn[nH]c2)CC1. The fourth-order valence-corrected chi connectivity index (χ4v) is 1.94. The second-order valence-electron chi connectivity index (χ2n) is 4.50. The van der Waals surface area contributed by atoms with Crippen molar-refractivity contribution in [2.45, 2.75) is 25.4 Å². The molecule has 1 saturated heterocycles. The van der Waals surface area contributed by atoms with Crippen LogP contribution in [0.3, 0.4) is 0 Å². The van der Waals surface area contributed by atoms with Crippen LogP contribution in [0.5, 0.6) is 0 Å². The van der Waals surface area contributed by atoms with Gasteiger partial charge < -0.3 is 11.1 Å². The number of aromatic nitrogens is 2. The Bertz CT molecular complexity index is 343. The van der Waals surface area contributed by atoms with Crippen LogP contribution in [0.4, 0.5) is 0 Å². The molecule has 1 aromatic heterocycles. The molecular formula is C11H19N5O. The van der Waals surface area contributed by atoms with Crippen molar-refractivity contribution in [1.29, 1.82) is 0 Å². The summed E-state index contributed by atoms with van der Waals surface area (Å²) in [6.45, 7) is 2.83. The molecule has 0 unspecified atom stereocenters. The first kappa shape index (κ1) is 12.1. The molecule has 2 rings (SSSR count). The first-order chi connectivity index (χ1) is 8.24. The molecule has 1 amide bonds. The van der Waals surface area contributed by atoms with E-state index in [9.17, 15) is 4.79 Å². The Kier molecular flexibility index (Phi) is 4.11. The number of likely N-dealkylation sites (tertiary alicyclic amines) is 1. The molecule has 0 aliphatic carbocycles. The van der Waals surface area contributed by atoms with Gasteiger partial charge in [0.25, 0.3) is 0 Å². The van der Waals surface area contributed by atoms with Gasteiger partial charge in [-0.15, -0.1) is 0 Å². The smallest absolute Gasteiger partial charge is 0.234 e. The molecule has 0 saturated carbocycles. The van der Waals surface area contributed by atoms with Gasteiger partial charge in [-0.2, -0.15) is 5.10 Å². The molecule has 0 spiro atoms. The second kappa shape index (κ2) is 5.79. The second-order valence-corrected chi connectivity index (χ2v) is 4.50. The lowest BCUT2D eigenvalue weighted by Gasteiger charge is -2.29. The van der Waals surface area contributed by atoms with Gasteiger partial charge in [-0.05, 0) is 12.8 Å². The van der Waals surface area contributed by atoms with Gasteiger partial charge in [-0.1, -0.05) is 0 Å². The van der Waals surface area contributed by atoms with Crippen LogP contribution in [0.15, 0.2) is 12.4 Å². The van der Waals surface area contributed by atoms with Gasteiger partial charge in [0.2, 0.25) is 5.91 Å². The Labute approximate surface area is 101 Å². The topological polar surface area (TPSA) is 87.0 Å². The molecule has 0 bridgehead atoms. The molecule has 4 N–H and O–H groups in total. The van der Waals surface area contributed by atoms with Crippen LogP contribution in [0, 0.1) is 0 Å². The van der Waals surface area contributed by atoms with Gasteiger partial charge in [-0.25, -0.2) is 0 Å². The fourth-order valence-electron chi connectivity index (χ4n) is 1.94. The first-order valence-corrected chi connectivity index (χ1v) is 5.96. The summed E-state index contributed by atoms with van der Waals surface area (Å²) in [5.41, 5.74) is 6.80. The summed E-state index contributed by atoms with van der Waals surface area (Å²) in [5, 5.41) is 9.41. The summed E-state index contributed by atoms with van der Waals surface area (Å²) in [7, 11) is 0. The number of rotatable bonds is 4. The highest BCUT2D eigenvalue weighted by Gasteiger charge is 2.17. The molecule has 0 aromatic carbocycles. The van der Waals surface area contributed by atoms with E-state index in [1.54, 1.807) is 12.4 Å². The number of carbonyl (C=O) groups is 1. The van der Waals surface area contributed by atoms with E-state index in [0.29, 0.717) is 19.1 Å². The third-order valence-corrected chi connectivity index (χ3v) is 3.04. The summed E-state index contributed by atoms with van der Waals surface area (Å²) in [4.78, 5) is 13.8. The Morgan fingerprint density at radius 1 is 1.59 bits per heavy atom. The van der Waals surface area contributed by atoms with Crippen LogP contribution in [-0.4, -0.2) is 46.7 Å². The number of nitrogens with two attached hydrogens (primary N) is 1. The number of carbonyl (C=O) groups excluding carboxylic acids is 1. The minimum atomic E-state index is 0.0571. The highest BCUT2D eigenvalue weighted by Crippen LogP contribution is 2.07. The molecular weight excluding hydrogens is 218 g/mol. The number of nitrogens with zero attached hydrogens (tertiary/aromatic N) is 2. The largest absolute Gasteiger partial charge is 0.351 e. The monoisotopic (exact) mass is 237 g/mol. The van der Waals surface area contributed by atoms with Gasteiger partial charge in [0.1, 0.15) is 0 Å². The Hall–Kier alpha value is -1.40. The van der Waals surface area contributed by atoms with Gasteiger partial charge in [0, 0.05) is 37.4 Å². The van der Waals surface area contributed by atoms with E-state index in [2.05, 4.69) is 20.4 Å². The Balaban J connectivity index is 1.67. The predicted octanol–water partition coefficient (Wildman–Crippen LogP) is -0.551. The molecule has 1 fully saturated rings. The van der Waals surface area contributed by atoms with E-state index in [1.165, 1.54) is 0 Å². The molecule has 0 atom stereocenters. The quantitative estimate of drug-likeness (QED) is 0.655. The molecule has 94 valence electrons. The number of hydrogen-bond acceptors (Lipinski definition) is 4. The average molecular weight is 237 g/mol. The van der Waals surface area contributed by atoms with E-state index in [0.717, 1.165) is 31.5 Å². The predicted molar refractivity (Wildman–Crippen MR) is 64.1 cm³/mol. The number of H-pyrrole nitrogens is 1. The zero-order valence-corrected chi connectivity index (χ0v) is 9.85. The number of hydrogen-bond donors (Lipinski definition) is 3. The summed E-state index contributed by atoms with van der Waals surface area (Å²) < 4.78 is 0. The van der Waals surface area contributed by atoms with Crippen LogP contribution in [0.1, 0.15) is 18.4 Å². The molecule has 1 aliphatic heterocycles. The normalized spacial score (nSPS) is 18.2. The molecule has 1 aliphatic rings. The van der Waals surface area contributed by atoms with Gasteiger partial charge >= 0.3 is 0 Å². The van der Waals surface area contributed by atoms with Crippen LogP contribution in [0.25, 0.3) is 0 Å². The number of aromatic amines is 1. The maximum absolute atomic E-state index is 11.7. The summed E-state index contributed by atoms with van der Waals surface area (Å²) >= 11 is 0. The van der Waals surface area contributed by atoms with Crippen molar-refractivity contribution >= 4 is 5.91 Å². The van der Waals surface area contributed by atoms with Crippen molar-refractivity contribution in [3.8, 4) is 0 Å². The van der Waals surface area contributed by atoms with Crippen molar-refractivity contribution in [1.82, 2.24) is 20.4 Å². The molecule has 6 heteroatoms. The third-order valence-electron chi connectivity index (χ3n) is 3.04. The zero-order chi connectivity index (χ0) is 12.1. The van der Waals surface area contributed by atoms with E-state index in [1.807, 2.05) is 0 Å². The van der Waals surface area contributed by atoms with E-state index in [-0.39, 0.29) is 5.91 Å². The van der Waals surface area contributed by atoms with Gasteiger partial charge in [0.15, 0.2) is 0 Å². The molecule has 1 aromatic rings. The summed E-state index contributed by atoms with van der Waals surface area (Å²) in [6.07, 6.45) is 5.45. The number of piperidine rings is 1. The van der Waals surface area contributed by atoms with E-state index >= 15 is 0 Å². The Morgan fingerprint density at radius 3 is 3.00 bits per heavy atom. The van der Waals surface area contributed by atoms with Crippen molar-refractivity contribution in [2.75, 3.05) is 19.6 Å². The molecule has 17 heavy (non-hydrogen) atoms. The highest BCUT2D eigenvalue weighted by molar-refractivity contribution is 5.77. The minimum absolute atomic E-state index is 0.0571. The standard InChI is InChI=1S/C11H19N5O/c12-10-1-3-16(4-2-10)8-11(17)13-5-9-6-14-15-7-9/h6-7,10H,1-5,8,12H2,(H,13,17)(H,14,15). The van der Waals surface area contributed by atoms with Crippen molar-refractivity contribution in [3.63, 3.8) is 0 Å². The van der Waals surface area contributed by atoms with Crippen molar-refractivity contribution < 1.29 is 4.79 Å². The third kappa shape index (κ3) is 3.83. The molecule has 2 heterocycles. The van der Waals surface area contributed by atoms with Crippen LogP contribution in [0.2, 0.25) is 0 Å². The van der Waals surface area contributed by atoms with Crippen LogP contribution in [-0.2, 0) is 11.3 Å². The van der Waals surface area contributed by atoms with Crippen molar-refractivity contribution in [2.24, 2.45) is 5.73 Å². The first-order valence-electron chi connectivity index (χ1n) is 5.96. The molecule has 0 radical (unpaired) electrons. The maximum Gasteiger partial charge on any atom is 0.234 e. The van der Waals surface area contributed by atoms with Crippen LogP contribution >= 0.6 is 0 Å². The minimum Gasteiger partial charge on any atom is -0.351 e. The average Bonchev–Trinajstić information content (AvgIpc) is 2.83. The zero-order valence-electron chi connectivity index (χ0n) is 9.85. The van der Waals surface area contributed by atoms with Gasteiger partial charge in [-0.3, -0.25) is 14.8 Å². The van der Waals surface area contributed by atoms with Crippen LogP contribution < -0.4 is 11.1 Å². The lowest BCUT2D eigenvalue weighted by Crippen LogP contribution is -2.44. The fraction of sp³-hybridized carbons (Fsp3) is 0.636. The van der Waals surface area contributed by atoms with E-state index < -0.39 is 0 Å². The Morgan fingerprint density at radius 2 is 2.35 bits per heavy atom. The summed E-state index contributed by atoms with van der Waals surface area (Å²) in [5.74, 6) is 0.0571. The van der Waals surface area contributed by atoms with Gasteiger partial charge in [0.05, 0.1) is 12.7 Å². The number of nitrogens with one attached hydrogen (secondary N) is 2. The van der Waals surface area contributed by atoms with Crippen molar-refractivity contribution in [3.05, 3.63) is 18.0 Å². The lowest BCUT2D eigenvalue weighted by atomic mass is 10.1. The molecule has 6 nitrogen and oxygen atoms in total. The summed E-state index contributed by atoms with van der Waals surface area (Å²) in [6, 6.07) is 0.306.